The van der Waals surface area contributed by atoms with Crippen LogP contribution in [0.15, 0.2) is 22.9 Å². The van der Waals surface area contributed by atoms with Gasteiger partial charge in [0.25, 0.3) is 0 Å². The standard InChI is InChI=1S/C10H7BrCl2S2/c11-8(3-6-1-2-14-5-6)7-4-9(12)15-10(7)13/h1-2,4-5,8H,3H2. The fourth-order valence-electron chi connectivity index (χ4n) is 1.29. The van der Waals surface area contributed by atoms with Gasteiger partial charge in [-0.05, 0) is 40.4 Å². The highest BCUT2D eigenvalue weighted by molar-refractivity contribution is 9.09. The van der Waals surface area contributed by atoms with Crippen molar-refractivity contribution >= 4 is 61.8 Å². The third-order valence-electron chi connectivity index (χ3n) is 2.02. The van der Waals surface area contributed by atoms with E-state index >= 15 is 0 Å². The van der Waals surface area contributed by atoms with Crippen molar-refractivity contribution in [3.63, 3.8) is 0 Å². The molecule has 0 radical (unpaired) electrons. The summed E-state index contributed by atoms with van der Waals surface area (Å²) in [6.45, 7) is 0. The predicted molar refractivity (Wildman–Crippen MR) is 74.0 cm³/mol. The molecule has 0 aliphatic carbocycles. The Bertz CT molecular complexity index is 436. The van der Waals surface area contributed by atoms with Crippen molar-refractivity contribution in [3.8, 4) is 0 Å². The lowest BCUT2D eigenvalue weighted by Gasteiger charge is -2.06. The van der Waals surface area contributed by atoms with Gasteiger partial charge in [-0.15, -0.1) is 11.3 Å². The zero-order chi connectivity index (χ0) is 10.8. The van der Waals surface area contributed by atoms with Gasteiger partial charge in [0.1, 0.15) is 0 Å². The van der Waals surface area contributed by atoms with E-state index in [1.165, 1.54) is 16.9 Å². The van der Waals surface area contributed by atoms with Crippen LogP contribution in [0.5, 0.6) is 0 Å². The van der Waals surface area contributed by atoms with Gasteiger partial charge in [-0.25, -0.2) is 0 Å². The van der Waals surface area contributed by atoms with Crippen molar-refractivity contribution in [3.05, 3.63) is 42.7 Å². The van der Waals surface area contributed by atoms with E-state index in [0.717, 1.165) is 20.7 Å². The zero-order valence-corrected chi connectivity index (χ0v) is 12.3. The maximum absolute atomic E-state index is 6.09. The number of hydrogen-bond donors (Lipinski definition) is 0. The van der Waals surface area contributed by atoms with Crippen molar-refractivity contribution < 1.29 is 0 Å². The second kappa shape index (κ2) is 5.19. The van der Waals surface area contributed by atoms with Crippen molar-refractivity contribution in [2.24, 2.45) is 0 Å². The van der Waals surface area contributed by atoms with Crippen LogP contribution in [-0.2, 0) is 6.42 Å². The molecule has 1 unspecified atom stereocenters. The predicted octanol–water partition coefficient (Wildman–Crippen LogP) is 5.80. The molecule has 2 aromatic rings. The van der Waals surface area contributed by atoms with Gasteiger partial charge in [-0.1, -0.05) is 39.1 Å². The van der Waals surface area contributed by atoms with E-state index in [9.17, 15) is 0 Å². The van der Waals surface area contributed by atoms with Crippen LogP contribution in [0.2, 0.25) is 8.67 Å². The Morgan fingerprint density at radius 3 is 2.73 bits per heavy atom. The van der Waals surface area contributed by atoms with Crippen LogP contribution in [0.1, 0.15) is 16.0 Å². The average Bonchev–Trinajstić information content (AvgIpc) is 2.75. The summed E-state index contributed by atoms with van der Waals surface area (Å²) in [5.74, 6) is 0. The first-order chi connectivity index (χ1) is 7.16. The third-order valence-corrected chi connectivity index (χ3v) is 5.08. The lowest BCUT2D eigenvalue weighted by atomic mass is 10.1. The molecule has 1 atom stereocenters. The molecule has 5 heteroatoms. The summed E-state index contributed by atoms with van der Waals surface area (Å²) in [5.41, 5.74) is 2.40. The molecule has 0 aliphatic heterocycles. The number of thiophene rings is 2. The van der Waals surface area contributed by atoms with Crippen LogP contribution in [0.4, 0.5) is 0 Å². The first-order valence-electron chi connectivity index (χ1n) is 4.26. The zero-order valence-electron chi connectivity index (χ0n) is 7.54. The number of rotatable bonds is 3. The Morgan fingerprint density at radius 1 is 1.40 bits per heavy atom. The summed E-state index contributed by atoms with van der Waals surface area (Å²) in [7, 11) is 0. The van der Waals surface area contributed by atoms with Crippen LogP contribution in [0.25, 0.3) is 0 Å². The topological polar surface area (TPSA) is 0 Å². The van der Waals surface area contributed by atoms with Gasteiger partial charge in [0.2, 0.25) is 0 Å². The van der Waals surface area contributed by atoms with E-state index in [0.29, 0.717) is 0 Å². The fourth-order valence-corrected chi connectivity index (χ4v) is 4.57. The largest absolute Gasteiger partial charge is 0.152 e. The molecule has 0 amide bonds. The molecule has 0 aliphatic rings. The van der Waals surface area contributed by atoms with Gasteiger partial charge in [-0.2, -0.15) is 11.3 Å². The van der Waals surface area contributed by atoms with E-state index in [-0.39, 0.29) is 4.83 Å². The first kappa shape index (κ1) is 11.9. The fraction of sp³-hybridized carbons (Fsp3) is 0.200. The summed E-state index contributed by atoms with van der Waals surface area (Å²) >= 11 is 18.8. The van der Waals surface area contributed by atoms with E-state index in [1.807, 2.05) is 6.07 Å². The summed E-state index contributed by atoms with van der Waals surface area (Å²) in [6.07, 6.45) is 0.941. The van der Waals surface area contributed by atoms with Crippen molar-refractivity contribution in [1.82, 2.24) is 0 Å². The van der Waals surface area contributed by atoms with Crippen LogP contribution >= 0.6 is 61.8 Å². The molecule has 0 saturated carbocycles. The summed E-state index contributed by atoms with van der Waals surface area (Å²) in [6, 6.07) is 4.06. The molecule has 2 rings (SSSR count). The van der Waals surface area contributed by atoms with Crippen molar-refractivity contribution in [1.29, 1.82) is 0 Å². The maximum atomic E-state index is 6.09. The molecule has 0 saturated heterocycles. The minimum atomic E-state index is 0.239. The first-order valence-corrected chi connectivity index (χ1v) is 7.70. The van der Waals surface area contributed by atoms with Gasteiger partial charge in [0.05, 0.1) is 8.67 Å². The summed E-state index contributed by atoms with van der Waals surface area (Å²) in [4.78, 5) is 0.239. The molecule has 15 heavy (non-hydrogen) atoms. The van der Waals surface area contributed by atoms with Gasteiger partial charge in [0.15, 0.2) is 0 Å². The highest BCUT2D eigenvalue weighted by Crippen LogP contribution is 2.39. The van der Waals surface area contributed by atoms with E-state index in [2.05, 4.69) is 32.8 Å². The minimum absolute atomic E-state index is 0.239. The molecule has 0 fully saturated rings. The van der Waals surface area contributed by atoms with Crippen LogP contribution in [0, 0.1) is 0 Å². The highest BCUT2D eigenvalue weighted by atomic mass is 79.9. The third kappa shape index (κ3) is 2.98. The smallest absolute Gasteiger partial charge is 0.0987 e. The minimum Gasteiger partial charge on any atom is -0.152 e. The van der Waals surface area contributed by atoms with Crippen LogP contribution < -0.4 is 0 Å². The van der Waals surface area contributed by atoms with E-state index in [4.69, 9.17) is 23.2 Å². The molecular formula is C10H7BrCl2S2. The van der Waals surface area contributed by atoms with Gasteiger partial charge in [-0.3, -0.25) is 0 Å². The molecule has 0 N–H and O–H groups in total. The van der Waals surface area contributed by atoms with Gasteiger partial charge < -0.3 is 0 Å². The lowest BCUT2D eigenvalue weighted by molar-refractivity contribution is 0.960. The van der Waals surface area contributed by atoms with E-state index in [1.54, 1.807) is 11.3 Å². The second-order valence-electron chi connectivity index (χ2n) is 3.08. The summed E-state index contributed by atoms with van der Waals surface area (Å²) < 4.78 is 1.52. The Labute approximate surface area is 115 Å². The molecule has 2 aromatic heterocycles. The average molecular weight is 342 g/mol. The molecular weight excluding hydrogens is 335 g/mol. The number of alkyl halides is 1. The van der Waals surface area contributed by atoms with Gasteiger partial charge in [0, 0.05) is 4.83 Å². The van der Waals surface area contributed by atoms with Crippen LogP contribution in [0.3, 0.4) is 0 Å². The summed E-state index contributed by atoms with van der Waals surface area (Å²) in [5, 5.41) is 4.23. The second-order valence-corrected chi connectivity index (χ2v) is 7.25. The normalized spacial score (nSPS) is 13.0. The Kier molecular flexibility index (Phi) is 4.13. The Morgan fingerprint density at radius 2 is 2.20 bits per heavy atom. The number of hydrogen-bond acceptors (Lipinski definition) is 2. The molecule has 2 heterocycles. The van der Waals surface area contributed by atoms with Crippen molar-refractivity contribution in [2.75, 3.05) is 0 Å². The lowest BCUT2D eigenvalue weighted by Crippen LogP contribution is -1.92. The van der Waals surface area contributed by atoms with Crippen LogP contribution in [-0.4, -0.2) is 0 Å². The number of halogens is 3. The SMILES string of the molecule is Clc1cc(C(Br)Cc2ccsc2)c(Cl)s1. The monoisotopic (exact) mass is 340 g/mol. The molecule has 0 bridgehead atoms. The highest BCUT2D eigenvalue weighted by Gasteiger charge is 2.15. The van der Waals surface area contributed by atoms with Gasteiger partial charge >= 0.3 is 0 Å². The Hall–Kier alpha value is 0.460. The molecule has 80 valence electrons. The quantitative estimate of drug-likeness (QED) is 0.619. The maximum Gasteiger partial charge on any atom is 0.0987 e. The molecule has 0 aromatic carbocycles. The molecule has 0 nitrogen and oxygen atoms in total. The molecule has 0 spiro atoms. The van der Waals surface area contributed by atoms with Crippen molar-refractivity contribution in [2.45, 2.75) is 11.2 Å². The van der Waals surface area contributed by atoms with E-state index < -0.39 is 0 Å². The Balaban J connectivity index is 2.14.